The smallest absolute Gasteiger partial charge is 0.334 e. The molecule has 1 heterocycles. The molecule has 7 nitrogen and oxygen atoms in total. The number of amides is 2. The number of hydrogen-bond donors (Lipinski definition) is 4. The number of piperidine rings is 1. The maximum absolute atomic E-state index is 11.5. The number of nitrogens with one attached hydrogen (secondary N) is 2. The Morgan fingerprint density at radius 1 is 1.32 bits per heavy atom. The molecule has 0 radical (unpaired) electrons. The molecule has 0 bridgehead atoms. The fourth-order valence-corrected chi connectivity index (χ4v) is 1.97. The van der Waals surface area contributed by atoms with E-state index in [1.807, 2.05) is 0 Å². The van der Waals surface area contributed by atoms with E-state index in [4.69, 9.17) is 10.2 Å². The lowest BCUT2D eigenvalue weighted by molar-refractivity contribution is -0.146. The van der Waals surface area contributed by atoms with E-state index in [1.165, 1.54) is 0 Å². The Labute approximate surface area is 113 Å². The number of aliphatic carboxylic acids is 1. The number of carbonyl (C=O) groups excluding carboxylic acids is 1. The van der Waals surface area contributed by atoms with Crippen molar-refractivity contribution >= 4 is 12.0 Å². The van der Waals surface area contributed by atoms with E-state index >= 15 is 0 Å². The van der Waals surface area contributed by atoms with Gasteiger partial charge in [-0.2, -0.15) is 0 Å². The second-order valence-corrected chi connectivity index (χ2v) is 5.53. The van der Waals surface area contributed by atoms with Crippen LogP contribution in [0.4, 0.5) is 4.79 Å². The summed E-state index contributed by atoms with van der Waals surface area (Å²) < 4.78 is 0. The monoisotopic (exact) mass is 273 g/mol. The maximum atomic E-state index is 11.5. The first-order chi connectivity index (χ1) is 8.82. The van der Waals surface area contributed by atoms with E-state index in [1.54, 1.807) is 0 Å². The van der Waals surface area contributed by atoms with Crippen molar-refractivity contribution in [3.05, 3.63) is 0 Å². The van der Waals surface area contributed by atoms with Crippen LogP contribution in [0.2, 0.25) is 0 Å². The molecule has 0 unspecified atom stereocenters. The van der Waals surface area contributed by atoms with Crippen LogP contribution in [-0.2, 0) is 4.79 Å². The van der Waals surface area contributed by atoms with Crippen LogP contribution in [0, 0.1) is 5.41 Å². The van der Waals surface area contributed by atoms with E-state index in [-0.39, 0.29) is 12.0 Å². The van der Waals surface area contributed by atoms with Crippen molar-refractivity contribution in [1.29, 1.82) is 0 Å². The lowest BCUT2D eigenvalue weighted by atomic mass is 9.80. The zero-order valence-electron chi connectivity index (χ0n) is 11.5. The summed E-state index contributed by atoms with van der Waals surface area (Å²) in [7, 11) is 2.08. The zero-order chi connectivity index (χ0) is 14.5. The molecule has 0 aliphatic carbocycles. The fourth-order valence-electron chi connectivity index (χ4n) is 1.97. The number of carboxylic acid groups (broad SMARTS) is 1. The van der Waals surface area contributed by atoms with Gasteiger partial charge in [-0.1, -0.05) is 6.92 Å². The van der Waals surface area contributed by atoms with Crippen molar-refractivity contribution in [2.45, 2.75) is 25.9 Å². The number of nitrogens with zero attached hydrogens (tertiary/aromatic N) is 1. The Hall–Kier alpha value is -1.34. The Morgan fingerprint density at radius 3 is 2.42 bits per heavy atom. The van der Waals surface area contributed by atoms with Crippen molar-refractivity contribution in [1.82, 2.24) is 15.5 Å². The summed E-state index contributed by atoms with van der Waals surface area (Å²) in [5.41, 5.74) is 0.0786. The Balaban J connectivity index is 2.24. The molecule has 1 rings (SSSR count). The number of aliphatic hydroxyl groups is 1. The number of carboxylic acids is 1. The van der Waals surface area contributed by atoms with E-state index < -0.39 is 18.1 Å². The number of likely N-dealkylation sites (tertiary alicyclic amines) is 1. The van der Waals surface area contributed by atoms with Gasteiger partial charge < -0.3 is 25.7 Å². The van der Waals surface area contributed by atoms with Crippen molar-refractivity contribution in [2.24, 2.45) is 5.41 Å². The predicted molar refractivity (Wildman–Crippen MR) is 69.9 cm³/mol. The van der Waals surface area contributed by atoms with Gasteiger partial charge in [-0.05, 0) is 38.4 Å². The largest absolute Gasteiger partial charge is 0.479 e. The first-order valence-electron chi connectivity index (χ1n) is 6.43. The molecular formula is C12H23N3O4. The Kier molecular flexibility index (Phi) is 5.56. The summed E-state index contributed by atoms with van der Waals surface area (Å²) in [6.45, 7) is 4.41. The second kappa shape index (κ2) is 6.72. The maximum Gasteiger partial charge on any atom is 0.334 e. The highest BCUT2D eigenvalue weighted by molar-refractivity contribution is 5.76. The Bertz CT molecular complexity index is 327. The van der Waals surface area contributed by atoms with Gasteiger partial charge in [0.2, 0.25) is 0 Å². The van der Waals surface area contributed by atoms with Crippen LogP contribution in [-0.4, -0.2) is 66.4 Å². The summed E-state index contributed by atoms with van der Waals surface area (Å²) in [4.78, 5) is 24.1. The predicted octanol–water partition coefficient (Wildman–Crippen LogP) is -0.537. The van der Waals surface area contributed by atoms with E-state index in [0.717, 1.165) is 25.9 Å². The normalized spacial score (nSPS) is 20.6. The van der Waals surface area contributed by atoms with Crippen molar-refractivity contribution in [2.75, 3.05) is 33.2 Å². The summed E-state index contributed by atoms with van der Waals surface area (Å²) in [6.07, 6.45) is 0.466. The van der Waals surface area contributed by atoms with Gasteiger partial charge in [0.05, 0.1) is 6.54 Å². The van der Waals surface area contributed by atoms with Crippen LogP contribution < -0.4 is 10.6 Å². The van der Waals surface area contributed by atoms with Crippen molar-refractivity contribution < 1.29 is 19.8 Å². The van der Waals surface area contributed by atoms with Gasteiger partial charge in [0.15, 0.2) is 6.10 Å². The van der Waals surface area contributed by atoms with Gasteiger partial charge >= 0.3 is 12.0 Å². The standard InChI is InChI=1S/C12H23N3O4/c1-12(3-5-15(2)6-4-12)8-14-11(19)13-7-9(16)10(17)18/h9,16H,3-8H2,1-2H3,(H,17,18)(H2,13,14,19)/t9-/m0/s1. The van der Waals surface area contributed by atoms with Gasteiger partial charge in [-0.25, -0.2) is 9.59 Å². The zero-order valence-corrected chi connectivity index (χ0v) is 11.5. The molecule has 1 aliphatic rings. The van der Waals surface area contributed by atoms with E-state index in [2.05, 4.69) is 29.5 Å². The van der Waals surface area contributed by atoms with Crippen LogP contribution >= 0.6 is 0 Å². The van der Waals surface area contributed by atoms with Crippen LogP contribution in [0.15, 0.2) is 0 Å². The molecule has 110 valence electrons. The van der Waals surface area contributed by atoms with Crippen LogP contribution in [0.3, 0.4) is 0 Å². The molecule has 0 aromatic heterocycles. The highest BCUT2D eigenvalue weighted by Crippen LogP contribution is 2.29. The van der Waals surface area contributed by atoms with Crippen LogP contribution in [0.25, 0.3) is 0 Å². The molecule has 0 aromatic carbocycles. The minimum atomic E-state index is -1.57. The highest BCUT2D eigenvalue weighted by Gasteiger charge is 2.29. The quantitative estimate of drug-likeness (QED) is 0.539. The number of aliphatic hydroxyl groups excluding tert-OH is 1. The number of rotatable bonds is 5. The SMILES string of the molecule is CN1CCC(C)(CNC(=O)NC[C@H](O)C(=O)O)CC1. The summed E-state index contributed by atoms with van der Waals surface area (Å²) in [6, 6.07) is -0.444. The van der Waals surface area contributed by atoms with Crippen molar-refractivity contribution in [3.8, 4) is 0 Å². The topological polar surface area (TPSA) is 102 Å². The molecule has 1 aliphatic heterocycles. The Morgan fingerprint density at radius 2 is 1.89 bits per heavy atom. The van der Waals surface area contributed by atoms with E-state index in [9.17, 15) is 9.59 Å². The molecule has 1 atom stereocenters. The summed E-state index contributed by atoms with van der Waals surface area (Å²) >= 11 is 0. The molecule has 4 N–H and O–H groups in total. The third kappa shape index (κ3) is 5.44. The van der Waals surface area contributed by atoms with Crippen LogP contribution in [0.5, 0.6) is 0 Å². The molecule has 2 amide bonds. The fraction of sp³-hybridized carbons (Fsp3) is 0.833. The average Bonchev–Trinajstić information content (AvgIpc) is 2.37. The number of urea groups is 1. The van der Waals surface area contributed by atoms with Gasteiger partial charge in [0.25, 0.3) is 0 Å². The first-order valence-corrected chi connectivity index (χ1v) is 6.43. The molecule has 7 heteroatoms. The van der Waals surface area contributed by atoms with Gasteiger partial charge in [0.1, 0.15) is 0 Å². The lowest BCUT2D eigenvalue weighted by Gasteiger charge is -2.37. The molecule has 1 saturated heterocycles. The summed E-state index contributed by atoms with van der Waals surface area (Å²) in [5.74, 6) is -1.34. The van der Waals surface area contributed by atoms with Gasteiger partial charge in [-0.3, -0.25) is 0 Å². The minimum Gasteiger partial charge on any atom is -0.479 e. The number of carbonyl (C=O) groups is 2. The molecule has 19 heavy (non-hydrogen) atoms. The van der Waals surface area contributed by atoms with E-state index in [0.29, 0.717) is 6.54 Å². The lowest BCUT2D eigenvalue weighted by Crippen LogP contribution is -2.47. The van der Waals surface area contributed by atoms with Crippen molar-refractivity contribution in [3.63, 3.8) is 0 Å². The van der Waals surface area contributed by atoms with Gasteiger partial charge in [0, 0.05) is 6.54 Å². The molecule has 0 aromatic rings. The average molecular weight is 273 g/mol. The molecule has 1 fully saturated rings. The molecule has 0 spiro atoms. The molecular weight excluding hydrogens is 250 g/mol. The second-order valence-electron chi connectivity index (χ2n) is 5.53. The minimum absolute atomic E-state index is 0.0786. The number of hydrogen-bond acceptors (Lipinski definition) is 4. The van der Waals surface area contributed by atoms with Crippen LogP contribution in [0.1, 0.15) is 19.8 Å². The molecule has 0 saturated carbocycles. The first kappa shape index (κ1) is 15.7. The summed E-state index contributed by atoms with van der Waals surface area (Å²) in [5, 5.41) is 22.6. The third-order valence-electron chi connectivity index (χ3n) is 3.61. The highest BCUT2D eigenvalue weighted by atomic mass is 16.4. The van der Waals surface area contributed by atoms with Gasteiger partial charge in [-0.15, -0.1) is 0 Å². The third-order valence-corrected chi connectivity index (χ3v) is 3.61.